The lowest BCUT2D eigenvalue weighted by atomic mass is 9.98. The quantitative estimate of drug-likeness (QED) is 0.628. The summed E-state index contributed by atoms with van der Waals surface area (Å²) >= 11 is 0. The molecule has 7 heteroatoms. The van der Waals surface area contributed by atoms with E-state index in [1.807, 2.05) is 19.1 Å². The molecule has 2 rings (SSSR count). The van der Waals surface area contributed by atoms with Gasteiger partial charge in [0.2, 0.25) is 0 Å². The Bertz CT molecular complexity index is 691. The van der Waals surface area contributed by atoms with Gasteiger partial charge in [-0.15, -0.1) is 0 Å². The minimum atomic E-state index is -1.56. The third kappa shape index (κ3) is 6.14. The maximum Gasteiger partial charge on any atom is 0.364 e. The van der Waals surface area contributed by atoms with Crippen molar-refractivity contribution in [1.82, 2.24) is 5.32 Å². The van der Waals surface area contributed by atoms with Crippen LogP contribution in [0.5, 0.6) is 0 Å². The predicted octanol–water partition coefficient (Wildman–Crippen LogP) is 2.71. The van der Waals surface area contributed by atoms with E-state index in [1.165, 1.54) is 13.8 Å². The second kappa shape index (κ2) is 9.80. The van der Waals surface area contributed by atoms with Crippen molar-refractivity contribution in [1.29, 1.82) is 0 Å². The van der Waals surface area contributed by atoms with E-state index in [-0.39, 0.29) is 17.6 Å². The number of carboxylic acids is 1. The zero-order valence-electron chi connectivity index (χ0n) is 16.7. The van der Waals surface area contributed by atoms with Gasteiger partial charge >= 0.3 is 5.97 Å². The Morgan fingerprint density at radius 1 is 1.18 bits per heavy atom. The summed E-state index contributed by atoms with van der Waals surface area (Å²) in [6.07, 6.45) is 2.98. The molecule has 0 aromatic heterocycles. The maximum absolute atomic E-state index is 12.3. The monoisotopic (exact) mass is 391 g/mol. The average Bonchev–Trinajstić information content (AvgIpc) is 2.65. The van der Waals surface area contributed by atoms with Crippen molar-refractivity contribution >= 4 is 17.7 Å². The van der Waals surface area contributed by atoms with E-state index in [2.05, 4.69) is 5.32 Å². The largest absolute Gasteiger partial charge is 0.477 e. The Labute approximate surface area is 165 Å². The van der Waals surface area contributed by atoms with Crippen LogP contribution in [-0.2, 0) is 19.1 Å². The van der Waals surface area contributed by atoms with Crippen molar-refractivity contribution in [2.24, 2.45) is 5.92 Å². The first kappa shape index (κ1) is 22.0. The molecule has 0 aliphatic carbocycles. The third-order valence-corrected chi connectivity index (χ3v) is 5.04. The number of unbranched alkanes of at least 4 members (excludes halogenated alkanes) is 1. The van der Waals surface area contributed by atoms with Gasteiger partial charge < -0.3 is 19.9 Å². The normalized spacial score (nSPS) is 23.0. The number of aryl methyl sites for hydroxylation is 1. The number of aliphatic carboxylic acids is 1. The summed E-state index contributed by atoms with van der Waals surface area (Å²) in [6.45, 7) is 5.51. The number of benzene rings is 1. The first-order chi connectivity index (χ1) is 13.2. The number of ketones is 1. The smallest absolute Gasteiger partial charge is 0.364 e. The number of amides is 1. The number of rotatable bonds is 9. The molecular formula is C21H29NO6. The molecule has 0 spiro atoms. The van der Waals surface area contributed by atoms with Gasteiger partial charge in [0, 0.05) is 18.4 Å². The summed E-state index contributed by atoms with van der Waals surface area (Å²) in [4.78, 5) is 35.3. The summed E-state index contributed by atoms with van der Waals surface area (Å²) in [6, 6.07) is 6.71. The molecule has 1 unspecified atom stereocenters. The van der Waals surface area contributed by atoms with Gasteiger partial charge in [-0.2, -0.15) is 0 Å². The van der Waals surface area contributed by atoms with Gasteiger partial charge in [0.1, 0.15) is 0 Å². The fourth-order valence-electron chi connectivity index (χ4n) is 3.04. The maximum atomic E-state index is 12.3. The van der Waals surface area contributed by atoms with E-state index in [0.717, 1.165) is 24.8 Å². The first-order valence-electron chi connectivity index (χ1n) is 9.60. The van der Waals surface area contributed by atoms with Crippen molar-refractivity contribution in [2.75, 3.05) is 13.2 Å². The molecule has 1 amide bonds. The summed E-state index contributed by atoms with van der Waals surface area (Å²) in [5.74, 6) is -2.87. The van der Waals surface area contributed by atoms with Crippen LogP contribution >= 0.6 is 0 Å². The number of hydrogen-bond acceptors (Lipinski definition) is 5. The minimum absolute atomic E-state index is 0.0676. The molecule has 1 aromatic carbocycles. The first-order valence-corrected chi connectivity index (χ1v) is 9.60. The Kier molecular flexibility index (Phi) is 7.71. The zero-order valence-corrected chi connectivity index (χ0v) is 16.7. The molecule has 28 heavy (non-hydrogen) atoms. The van der Waals surface area contributed by atoms with Crippen molar-refractivity contribution < 1.29 is 29.0 Å². The van der Waals surface area contributed by atoms with Crippen molar-refractivity contribution in [3.63, 3.8) is 0 Å². The van der Waals surface area contributed by atoms with Gasteiger partial charge in [0.15, 0.2) is 5.78 Å². The predicted molar refractivity (Wildman–Crippen MR) is 103 cm³/mol. The second-order valence-electron chi connectivity index (χ2n) is 7.53. The van der Waals surface area contributed by atoms with Crippen LogP contribution in [0.2, 0.25) is 0 Å². The van der Waals surface area contributed by atoms with E-state index >= 15 is 0 Å². The van der Waals surface area contributed by atoms with Gasteiger partial charge in [-0.25, -0.2) is 4.79 Å². The molecule has 1 aromatic rings. The highest BCUT2D eigenvalue weighted by Crippen LogP contribution is 2.24. The number of carboxylic acid groups (broad SMARTS) is 1. The molecule has 1 fully saturated rings. The fourth-order valence-corrected chi connectivity index (χ4v) is 3.04. The van der Waals surface area contributed by atoms with Gasteiger partial charge in [-0.3, -0.25) is 9.59 Å². The summed E-state index contributed by atoms with van der Waals surface area (Å²) < 4.78 is 10.7. The van der Waals surface area contributed by atoms with Gasteiger partial charge in [-0.1, -0.05) is 30.5 Å². The molecule has 1 heterocycles. The number of ether oxygens (including phenoxy) is 2. The van der Waals surface area contributed by atoms with Crippen molar-refractivity contribution in [3.8, 4) is 0 Å². The van der Waals surface area contributed by atoms with Crippen molar-refractivity contribution in [3.05, 3.63) is 35.4 Å². The number of nitrogens with one attached hydrogen (secondary N) is 1. The van der Waals surface area contributed by atoms with Crippen molar-refractivity contribution in [2.45, 2.75) is 58.3 Å². The van der Waals surface area contributed by atoms with E-state index in [0.29, 0.717) is 25.2 Å². The van der Waals surface area contributed by atoms with Gasteiger partial charge in [0.25, 0.3) is 11.7 Å². The number of carbonyl (C=O) groups excluding carboxylic acids is 2. The number of Topliss-reactive ketones (excluding diaryl/α,β-unsaturated/α-hetero) is 1. The van der Waals surface area contributed by atoms with E-state index < -0.39 is 17.8 Å². The van der Waals surface area contributed by atoms with Gasteiger partial charge in [0.05, 0.1) is 19.3 Å². The van der Waals surface area contributed by atoms with Crippen LogP contribution in [0, 0.1) is 12.8 Å². The molecule has 0 saturated carbocycles. The Balaban J connectivity index is 1.73. The molecular weight excluding hydrogens is 362 g/mol. The Morgan fingerprint density at radius 3 is 2.32 bits per heavy atom. The van der Waals surface area contributed by atoms with Crippen LogP contribution in [0.25, 0.3) is 0 Å². The molecule has 1 aliphatic rings. The van der Waals surface area contributed by atoms with Crippen LogP contribution in [0.1, 0.15) is 55.5 Å². The van der Waals surface area contributed by atoms with Gasteiger partial charge in [-0.05, 0) is 38.8 Å². The highest BCUT2D eigenvalue weighted by molar-refractivity contribution is 5.97. The highest BCUT2D eigenvalue weighted by Gasteiger charge is 2.40. The summed E-state index contributed by atoms with van der Waals surface area (Å²) in [7, 11) is 0. The highest BCUT2D eigenvalue weighted by atomic mass is 16.7. The van der Waals surface area contributed by atoms with Crippen LogP contribution in [0.4, 0.5) is 0 Å². The minimum Gasteiger partial charge on any atom is -0.477 e. The molecule has 7 nitrogen and oxygen atoms in total. The average molecular weight is 391 g/mol. The standard InChI is InChI=1S/C21H29NO6/c1-14-8-10-17(11-9-14)19(24)22-18(15(2)23)7-5-4-6-16-12-27-21(3,20(25)26)28-13-16/h8-11,16,18H,4-7,12-13H2,1-3H3,(H,22,24)(H,25,26)/t16-,18?,21+. The molecule has 1 aliphatic heterocycles. The lowest BCUT2D eigenvalue weighted by molar-refractivity contribution is -0.271. The fraction of sp³-hybridized carbons (Fsp3) is 0.571. The third-order valence-electron chi connectivity index (χ3n) is 5.04. The Morgan fingerprint density at radius 2 is 1.79 bits per heavy atom. The van der Waals surface area contributed by atoms with E-state index in [1.54, 1.807) is 12.1 Å². The topological polar surface area (TPSA) is 102 Å². The molecule has 2 N–H and O–H groups in total. The SMILES string of the molecule is CC(=O)C(CCCC[C@H]1CO[C@@](C)(C(=O)O)OC1)NC(=O)c1ccc(C)cc1. The molecule has 154 valence electrons. The lowest BCUT2D eigenvalue weighted by Gasteiger charge is -2.34. The molecule has 0 radical (unpaired) electrons. The van der Waals surface area contributed by atoms with E-state index in [9.17, 15) is 14.4 Å². The van der Waals surface area contributed by atoms with Crippen LogP contribution in [0.3, 0.4) is 0 Å². The summed E-state index contributed by atoms with van der Waals surface area (Å²) in [5.41, 5.74) is 1.61. The van der Waals surface area contributed by atoms with Crippen LogP contribution < -0.4 is 5.32 Å². The Hall–Kier alpha value is -2.25. The summed E-state index contributed by atoms with van der Waals surface area (Å²) in [5, 5.41) is 11.9. The molecule has 1 saturated heterocycles. The lowest BCUT2D eigenvalue weighted by Crippen LogP contribution is -2.47. The molecule has 0 bridgehead atoms. The van der Waals surface area contributed by atoms with Crippen LogP contribution in [-0.4, -0.2) is 47.8 Å². The van der Waals surface area contributed by atoms with E-state index in [4.69, 9.17) is 14.6 Å². The number of carbonyl (C=O) groups is 3. The number of hydrogen-bond donors (Lipinski definition) is 2. The molecule has 1 atom stereocenters. The second-order valence-corrected chi connectivity index (χ2v) is 7.53. The van der Waals surface area contributed by atoms with Crippen LogP contribution in [0.15, 0.2) is 24.3 Å². The zero-order chi connectivity index (χ0) is 20.7.